The molecule has 0 aliphatic heterocycles. The van der Waals surface area contributed by atoms with Gasteiger partial charge in [-0.3, -0.25) is 4.79 Å². The molecule has 26 heavy (non-hydrogen) atoms. The predicted molar refractivity (Wildman–Crippen MR) is 112 cm³/mol. The number of carbonyl (C=O) groups is 1. The van der Waals surface area contributed by atoms with E-state index in [-0.39, 0.29) is 11.7 Å². The summed E-state index contributed by atoms with van der Waals surface area (Å²) in [5, 5.41) is 4.27. The number of halogens is 2. The van der Waals surface area contributed by atoms with Crippen LogP contribution in [-0.4, -0.2) is 21.2 Å². The molecule has 2 aromatic carbocycles. The van der Waals surface area contributed by atoms with Crippen molar-refractivity contribution in [2.75, 3.05) is 11.1 Å². The molecule has 0 saturated carbocycles. The lowest BCUT2D eigenvalue weighted by Gasteiger charge is -2.10. The predicted octanol–water partition coefficient (Wildman–Crippen LogP) is 5.72. The minimum absolute atomic E-state index is 0.0897. The highest BCUT2D eigenvalue weighted by atomic mass is 79.9. The quantitative estimate of drug-likeness (QED) is 0.489. The molecule has 3 rings (SSSR count). The van der Waals surface area contributed by atoms with Crippen molar-refractivity contribution in [1.29, 1.82) is 0 Å². The third-order valence-electron chi connectivity index (χ3n) is 3.72. The number of nitrogens with zero attached hydrogens (tertiary/aromatic N) is 2. The van der Waals surface area contributed by atoms with Crippen molar-refractivity contribution < 1.29 is 4.79 Å². The molecule has 0 saturated heterocycles. The topological polar surface area (TPSA) is 46.9 Å². The Labute approximate surface area is 170 Å². The summed E-state index contributed by atoms with van der Waals surface area (Å²) < 4.78 is 3.15. The number of hydrogen-bond donors (Lipinski definition) is 1. The average Bonchev–Trinajstić information content (AvgIpc) is 3.03. The van der Waals surface area contributed by atoms with Crippen molar-refractivity contribution in [3.8, 4) is 11.3 Å². The van der Waals surface area contributed by atoms with Gasteiger partial charge >= 0.3 is 0 Å². The number of thioether (sulfide) groups is 1. The van der Waals surface area contributed by atoms with Crippen LogP contribution in [0.3, 0.4) is 0 Å². The van der Waals surface area contributed by atoms with E-state index >= 15 is 0 Å². The SMILES string of the molecule is CCn1c(-c2ccc(Br)cc2)cnc1SCC(=O)Nc1cccc(Cl)c1. The lowest BCUT2D eigenvalue weighted by atomic mass is 10.2. The summed E-state index contributed by atoms with van der Waals surface area (Å²) in [4.78, 5) is 16.7. The first-order valence-electron chi connectivity index (χ1n) is 8.06. The van der Waals surface area contributed by atoms with Crippen molar-refractivity contribution in [2.45, 2.75) is 18.6 Å². The van der Waals surface area contributed by atoms with Crippen LogP contribution >= 0.6 is 39.3 Å². The van der Waals surface area contributed by atoms with Crippen LogP contribution in [0.1, 0.15) is 6.92 Å². The number of carbonyl (C=O) groups excluding carboxylic acids is 1. The molecule has 0 bridgehead atoms. The highest BCUT2D eigenvalue weighted by Gasteiger charge is 2.13. The molecule has 0 aliphatic rings. The van der Waals surface area contributed by atoms with E-state index in [9.17, 15) is 4.79 Å². The number of nitrogens with one attached hydrogen (secondary N) is 1. The lowest BCUT2D eigenvalue weighted by Crippen LogP contribution is -2.14. The van der Waals surface area contributed by atoms with E-state index in [0.29, 0.717) is 10.7 Å². The molecule has 0 radical (unpaired) electrons. The Morgan fingerprint density at radius 3 is 2.73 bits per heavy atom. The number of rotatable bonds is 6. The van der Waals surface area contributed by atoms with Crippen molar-refractivity contribution in [2.24, 2.45) is 0 Å². The van der Waals surface area contributed by atoms with E-state index < -0.39 is 0 Å². The summed E-state index contributed by atoms with van der Waals surface area (Å²) in [5.74, 6) is 0.191. The number of aromatic nitrogens is 2. The van der Waals surface area contributed by atoms with Gasteiger partial charge in [0, 0.05) is 21.7 Å². The molecule has 1 aromatic heterocycles. The zero-order chi connectivity index (χ0) is 18.5. The number of hydrogen-bond acceptors (Lipinski definition) is 3. The molecule has 1 N–H and O–H groups in total. The Bertz CT molecular complexity index is 911. The van der Waals surface area contributed by atoms with E-state index in [4.69, 9.17) is 11.6 Å². The molecule has 0 unspecified atom stereocenters. The van der Waals surface area contributed by atoms with Gasteiger partial charge < -0.3 is 9.88 Å². The van der Waals surface area contributed by atoms with E-state index in [2.05, 4.69) is 37.7 Å². The highest BCUT2D eigenvalue weighted by Crippen LogP contribution is 2.27. The summed E-state index contributed by atoms with van der Waals surface area (Å²) in [6.45, 7) is 2.85. The summed E-state index contributed by atoms with van der Waals surface area (Å²) in [6, 6.07) is 15.2. The van der Waals surface area contributed by atoms with E-state index in [1.54, 1.807) is 18.2 Å². The maximum atomic E-state index is 12.2. The molecular formula is C19H17BrClN3OS. The molecule has 0 atom stereocenters. The van der Waals surface area contributed by atoms with E-state index in [1.807, 2.05) is 36.5 Å². The second-order valence-corrected chi connectivity index (χ2v) is 7.82. The smallest absolute Gasteiger partial charge is 0.234 e. The van der Waals surface area contributed by atoms with Gasteiger partial charge in [0.05, 0.1) is 17.6 Å². The third kappa shape index (κ3) is 4.69. The van der Waals surface area contributed by atoms with Crippen LogP contribution in [0.25, 0.3) is 11.3 Å². The third-order valence-corrected chi connectivity index (χ3v) is 5.47. The van der Waals surface area contributed by atoms with Crippen LogP contribution in [0.5, 0.6) is 0 Å². The molecule has 4 nitrogen and oxygen atoms in total. The second-order valence-electron chi connectivity index (χ2n) is 5.52. The normalized spacial score (nSPS) is 10.7. The lowest BCUT2D eigenvalue weighted by molar-refractivity contribution is -0.113. The van der Waals surface area contributed by atoms with Crippen LogP contribution in [0.15, 0.2) is 64.4 Å². The van der Waals surface area contributed by atoms with E-state index in [0.717, 1.165) is 27.4 Å². The Morgan fingerprint density at radius 1 is 1.27 bits per heavy atom. The average molecular weight is 451 g/mol. The maximum absolute atomic E-state index is 12.2. The minimum Gasteiger partial charge on any atom is -0.325 e. The van der Waals surface area contributed by atoms with E-state index in [1.165, 1.54) is 11.8 Å². The van der Waals surface area contributed by atoms with Crippen LogP contribution in [-0.2, 0) is 11.3 Å². The standard InChI is InChI=1S/C19H17BrClN3OS/c1-2-24-17(13-6-8-14(20)9-7-13)11-22-19(24)26-12-18(25)23-16-5-3-4-15(21)10-16/h3-11H,2,12H2,1H3,(H,23,25). The van der Waals surface area contributed by atoms with Crippen molar-refractivity contribution in [3.05, 3.63) is 64.2 Å². The fraction of sp³-hybridized carbons (Fsp3) is 0.158. The number of imidazole rings is 1. The van der Waals surface area contributed by atoms with Crippen LogP contribution < -0.4 is 5.32 Å². The van der Waals surface area contributed by atoms with Gasteiger partial charge in [-0.1, -0.05) is 57.5 Å². The molecule has 0 fully saturated rings. The van der Waals surface area contributed by atoms with Gasteiger partial charge in [0.15, 0.2) is 5.16 Å². The molecule has 1 heterocycles. The van der Waals surface area contributed by atoms with Gasteiger partial charge in [-0.25, -0.2) is 4.98 Å². The zero-order valence-electron chi connectivity index (χ0n) is 14.1. The first-order valence-corrected chi connectivity index (χ1v) is 10.2. The van der Waals surface area contributed by atoms with Gasteiger partial charge in [-0.15, -0.1) is 0 Å². The largest absolute Gasteiger partial charge is 0.325 e. The monoisotopic (exact) mass is 449 g/mol. The second kappa shape index (κ2) is 8.75. The molecule has 7 heteroatoms. The van der Waals surface area contributed by atoms with Crippen molar-refractivity contribution in [1.82, 2.24) is 9.55 Å². The zero-order valence-corrected chi connectivity index (χ0v) is 17.2. The summed E-state index contributed by atoms with van der Waals surface area (Å²) in [7, 11) is 0. The van der Waals surface area contributed by atoms with Crippen molar-refractivity contribution in [3.63, 3.8) is 0 Å². The molecular weight excluding hydrogens is 434 g/mol. The van der Waals surface area contributed by atoms with Crippen LogP contribution in [0.2, 0.25) is 5.02 Å². The number of amides is 1. The summed E-state index contributed by atoms with van der Waals surface area (Å²) >= 11 is 10.8. The van der Waals surface area contributed by atoms with Gasteiger partial charge in [0.2, 0.25) is 5.91 Å². The number of anilines is 1. The summed E-state index contributed by atoms with van der Waals surface area (Å²) in [5.41, 5.74) is 2.83. The molecule has 0 aliphatic carbocycles. The van der Waals surface area contributed by atoms with Gasteiger partial charge in [0.1, 0.15) is 0 Å². The molecule has 1 amide bonds. The fourth-order valence-corrected chi connectivity index (χ4v) is 3.82. The Morgan fingerprint density at radius 2 is 2.04 bits per heavy atom. The van der Waals surface area contributed by atoms with Crippen molar-refractivity contribution >= 4 is 50.9 Å². The molecule has 134 valence electrons. The molecule has 3 aromatic rings. The van der Waals surface area contributed by atoms with Gasteiger partial charge in [-0.05, 0) is 42.8 Å². The Hall–Kier alpha value is -1.76. The first kappa shape index (κ1) is 19.0. The molecule has 0 spiro atoms. The van der Waals surface area contributed by atoms with Gasteiger partial charge in [0.25, 0.3) is 0 Å². The van der Waals surface area contributed by atoms with Crippen LogP contribution in [0.4, 0.5) is 5.69 Å². The Balaban J connectivity index is 1.68. The highest BCUT2D eigenvalue weighted by molar-refractivity contribution is 9.10. The van der Waals surface area contributed by atoms with Crippen LogP contribution in [0, 0.1) is 0 Å². The fourth-order valence-electron chi connectivity index (χ4n) is 2.52. The minimum atomic E-state index is -0.0897. The summed E-state index contributed by atoms with van der Waals surface area (Å²) in [6.07, 6.45) is 1.85. The number of benzene rings is 2. The Kier molecular flexibility index (Phi) is 6.40. The first-order chi connectivity index (χ1) is 12.6. The van der Waals surface area contributed by atoms with Gasteiger partial charge in [-0.2, -0.15) is 0 Å². The maximum Gasteiger partial charge on any atom is 0.234 e.